The summed E-state index contributed by atoms with van der Waals surface area (Å²) < 4.78 is 0. The summed E-state index contributed by atoms with van der Waals surface area (Å²) >= 11 is 0. The second-order valence-electron chi connectivity index (χ2n) is 6.41. The predicted octanol–water partition coefficient (Wildman–Crippen LogP) is 1.98. The Labute approximate surface area is 126 Å². The number of hydrogen-bond acceptors (Lipinski definition) is 3. The maximum absolute atomic E-state index is 12.1. The lowest BCUT2D eigenvalue weighted by molar-refractivity contribution is -0.128. The number of nitrogens with one attached hydrogen (secondary N) is 1. The number of amides is 2. The number of benzene rings is 1. The molecule has 0 spiro atoms. The first-order valence-corrected chi connectivity index (χ1v) is 6.98. The van der Waals surface area contributed by atoms with Crippen LogP contribution in [0.25, 0.3) is 0 Å². The lowest BCUT2D eigenvalue weighted by atomic mass is 9.87. The fourth-order valence-corrected chi connectivity index (χ4v) is 1.75. The Bertz CT molecular complexity index is 520. The van der Waals surface area contributed by atoms with Crippen molar-refractivity contribution in [2.24, 2.45) is 11.1 Å². The van der Waals surface area contributed by atoms with Crippen molar-refractivity contribution in [3.63, 3.8) is 0 Å². The number of hydrogen-bond donors (Lipinski definition) is 2. The van der Waals surface area contributed by atoms with Crippen molar-refractivity contribution < 1.29 is 9.59 Å². The second kappa shape index (κ2) is 6.72. The van der Waals surface area contributed by atoms with Gasteiger partial charge in [0.15, 0.2) is 0 Å². The monoisotopic (exact) mass is 291 g/mol. The quantitative estimate of drug-likeness (QED) is 0.890. The minimum atomic E-state index is -0.582. The fourth-order valence-electron chi connectivity index (χ4n) is 1.75. The van der Waals surface area contributed by atoms with Gasteiger partial charge in [-0.2, -0.15) is 0 Å². The molecule has 0 fully saturated rings. The first kappa shape index (κ1) is 17.2. The molecule has 5 heteroatoms. The number of carbonyl (C=O) groups is 2. The molecule has 5 nitrogen and oxygen atoms in total. The second-order valence-corrected chi connectivity index (χ2v) is 6.41. The lowest BCUT2D eigenvalue weighted by Gasteiger charge is -2.26. The van der Waals surface area contributed by atoms with E-state index >= 15 is 0 Å². The molecule has 21 heavy (non-hydrogen) atoms. The molecule has 1 aromatic carbocycles. The lowest BCUT2D eigenvalue weighted by Crippen LogP contribution is -2.45. The van der Waals surface area contributed by atoms with E-state index in [1.54, 1.807) is 11.9 Å². The molecule has 0 saturated carbocycles. The van der Waals surface area contributed by atoms with Crippen molar-refractivity contribution in [3.8, 4) is 0 Å². The van der Waals surface area contributed by atoms with Gasteiger partial charge in [0.2, 0.25) is 11.8 Å². The van der Waals surface area contributed by atoms with Gasteiger partial charge in [0, 0.05) is 26.2 Å². The van der Waals surface area contributed by atoms with Crippen molar-refractivity contribution in [1.82, 2.24) is 4.90 Å². The molecule has 0 aliphatic heterocycles. The van der Waals surface area contributed by atoms with E-state index in [4.69, 9.17) is 5.73 Å². The number of rotatable bonds is 4. The maximum atomic E-state index is 12.1. The van der Waals surface area contributed by atoms with E-state index in [9.17, 15) is 9.59 Å². The van der Waals surface area contributed by atoms with E-state index < -0.39 is 6.04 Å². The molecule has 0 aliphatic rings. The summed E-state index contributed by atoms with van der Waals surface area (Å²) in [6, 6.07) is 6.85. The van der Waals surface area contributed by atoms with Crippen LogP contribution in [0.15, 0.2) is 24.3 Å². The van der Waals surface area contributed by atoms with Crippen molar-refractivity contribution in [2.45, 2.75) is 40.3 Å². The van der Waals surface area contributed by atoms with Gasteiger partial charge < -0.3 is 16.0 Å². The van der Waals surface area contributed by atoms with E-state index in [-0.39, 0.29) is 17.2 Å². The number of nitrogens with zero attached hydrogens (tertiary/aromatic N) is 1. The van der Waals surface area contributed by atoms with Gasteiger partial charge in [0.05, 0.1) is 6.04 Å². The molecule has 2 amide bonds. The van der Waals surface area contributed by atoms with Crippen LogP contribution in [0.2, 0.25) is 0 Å². The number of anilines is 1. The molecule has 0 saturated heterocycles. The first-order valence-electron chi connectivity index (χ1n) is 6.98. The highest BCUT2D eigenvalue weighted by atomic mass is 16.2. The van der Waals surface area contributed by atoms with E-state index in [1.807, 2.05) is 45.0 Å². The van der Waals surface area contributed by atoms with E-state index in [2.05, 4.69) is 5.32 Å². The van der Waals surface area contributed by atoms with Crippen LogP contribution in [-0.2, 0) is 16.1 Å². The van der Waals surface area contributed by atoms with Crippen LogP contribution in [0.4, 0.5) is 5.69 Å². The average Bonchev–Trinajstić information content (AvgIpc) is 2.36. The maximum Gasteiger partial charge on any atom is 0.241 e. The highest BCUT2D eigenvalue weighted by Crippen LogP contribution is 2.19. The van der Waals surface area contributed by atoms with Gasteiger partial charge in [-0.05, 0) is 23.1 Å². The molecule has 0 bridgehead atoms. The smallest absolute Gasteiger partial charge is 0.241 e. The summed E-state index contributed by atoms with van der Waals surface area (Å²) in [7, 11) is 1.74. The van der Waals surface area contributed by atoms with Gasteiger partial charge in [-0.1, -0.05) is 32.9 Å². The molecule has 0 heterocycles. The van der Waals surface area contributed by atoms with Gasteiger partial charge in [-0.25, -0.2) is 0 Å². The SMILES string of the molecule is CC(=O)N(C)Cc1cccc(NC(=O)[C@H](N)C(C)(C)C)c1. The Morgan fingerprint density at radius 2 is 1.95 bits per heavy atom. The Hall–Kier alpha value is -1.88. The first-order chi connectivity index (χ1) is 9.61. The molecule has 0 aromatic heterocycles. The molecule has 1 atom stereocenters. The molecule has 0 radical (unpaired) electrons. The third-order valence-corrected chi connectivity index (χ3v) is 3.37. The molecule has 0 unspecified atom stereocenters. The standard InChI is InChI=1S/C16H25N3O2/c1-11(20)19(5)10-12-7-6-8-13(9-12)18-15(21)14(17)16(2,3)4/h6-9,14H,10,17H2,1-5H3,(H,18,21)/t14-/m0/s1. The summed E-state index contributed by atoms with van der Waals surface area (Å²) in [6.07, 6.45) is 0. The summed E-state index contributed by atoms with van der Waals surface area (Å²) in [4.78, 5) is 25.0. The van der Waals surface area contributed by atoms with Crippen LogP contribution in [0.5, 0.6) is 0 Å². The highest BCUT2D eigenvalue weighted by Gasteiger charge is 2.27. The molecule has 3 N–H and O–H groups in total. The van der Waals surface area contributed by atoms with Gasteiger partial charge in [-0.3, -0.25) is 9.59 Å². The average molecular weight is 291 g/mol. The Morgan fingerprint density at radius 1 is 1.33 bits per heavy atom. The predicted molar refractivity (Wildman–Crippen MR) is 84.7 cm³/mol. The zero-order chi connectivity index (χ0) is 16.2. The number of nitrogens with two attached hydrogens (primary N) is 1. The van der Waals surface area contributed by atoms with Crippen molar-refractivity contribution in [2.75, 3.05) is 12.4 Å². The Balaban J connectivity index is 2.77. The topological polar surface area (TPSA) is 75.4 Å². The minimum Gasteiger partial charge on any atom is -0.342 e. The summed E-state index contributed by atoms with van der Waals surface area (Å²) in [5, 5.41) is 2.82. The van der Waals surface area contributed by atoms with Crippen LogP contribution in [0.3, 0.4) is 0 Å². The number of carbonyl (C=O) groups excluding carboxylic acids is 2. The van der Waals surface area contributed by atoms with Crippen molar-refractivity contribution >= 4 is 17.5 Å². The largest absolute Gasteiger partial charge is 0.342 e. The zero-order valence-corrected chi connectivity index (χ0v) is 13.4. The van der Waals surface area contributed by atoms with Crippen LogP contribution >= 0.6 is 0 Å². The zero-order valence-electron chi connectivity index (χ0n) is 13.4. The minimum absolute atomic E-state index is 0.000747. The van der Waals surface area contributed by atoms with E-state index in [0.29, 0.717) is 12.2 Å². The van der Waals surface area contributed by atoms with Gasteiger partial charge in [0.25, 0.3) is 0 Å². The normalized spacial score (nSPS) is 12.7. The van der Waals surface area contributed by atoms with E-state index in [1.165, 1.54) is 6.92 Å². The molecule has 1 rings (SSSR count). The molecule has 116 valence electrons. The molecule has 1 aromatic rings. The fraction of sp³-hybridized carbons (Fsp3) is 0.500. The summed E-state index contributed by atoms with van der Waals surface area (Å²) in [5.74, 6) is -0.209. The van der Waals surface area contributed by atoms with Crippen LogP contribution < -0.4 is 11.1 Å². The van der Waals surface area contributed by atoms with Crippen LogP contribution in [0, 0.1) is 5.41 Å². The van der Waals surface area contributed by atoms with E-state index in [0.717, 1.165) is 5.56 Å². The molecular weight excluding hydrogens is 266 g/mol. The third kappa shape index (κ3) is 5.19. The van der Waals surface area contributed by atoms with Gasteiger partial charge in [0.1, 0.15) is 0 Å². The van der Waals surface area contributed by atoms with Crippen LogP contribution in [-0.4, -0.2) is 29.8 Å². The summed E-state index contributed by atoms with van der Waals surface area (Å²) in [5.41, 5.74) is 7.28. The van der Waals surface area contributed by atoms with Crippen molar-refractivity contribution in [1.29, 1.82) is 0 Å². The van der Waals surface area contributed by atoms with Crippen molar-refractivity contribution in [3.05, 3.63) is 29.8 Å². The third-order valence-electron chi connectivity index (χ3n) is 3.37. The Kier molecular flexibility index (Phi) is 5.49. The van der Waals surface area contributed by atoms with Gasteiger partial charge >= 0.3 is 0 Å². The van der Waals surface area contributed by atoms with Gasteiger partial charge in [-0.15, -0.1) is 0 Å². The Morgan fingerprint density at radius 3 is 2.48 bits per heavy atom. The van der Waals surface area contributed by atoms with Crippen LogP contribution in [0.1, 0.15) is 33.3 Å². The molecule has 0 aliphatic carbocycles. The highest BCUT2D eigenvalue weighted by molar-refractivity contribution is 5.95. The molecular formula is C16H25N3O2. The summed E-state index contributed by atoms with van der Waals surface area (Å²) in [6.45, 7) is 7.80.